The van der Waals surface area contributed by atoms with Crippen LogP contribution in [0.15, 0.2) is 24.8 Å². The largest absolute Gasteiger partial charge is 0.480 e. The average molecular weight is 601 g/mol. The number of carboxylic acid groups (broad SMARTS) is 2. The third-order valence-electron chi connectivity index (χ3n) is 5.05. The van der Waals surface area contributed by atoms with Crippen LogP contribution < -0.4 is 10.6 Å². The molecule has 0 aliphatic heterocycles. The van der Waals surface area contributed by atoms with Crippen molar-refractivity contribution in [2.24, 2.45) is 0 Å². The summed E-state index contributed by atoms with van der Waals surface area (Å²) < 4.78 is 26.7. The molecular formula is C23H26F2N6O7S2. The number of aliphatic carboxylic acids is 2. The Labute approximate surface area is 235 Å². The molecule has 2 heterocycles. The Balaban J connectivity index is 2.24. The maximum absolute atomic E-state index is 13.4. The highest BCUT2D eigenvalue weighted by Gasteiger charge is 2.28. The average Bonchev–Trinajstić information content (AvgIpc) is 2.87. The molecule has 4 atom stereocenters. The molecular weight excluding hydrogens is 574 g/mol. The van der Waals surface area contributed by atoms with Gasteiger partial charge in [-0.15, -0.1) is 23.5 Å². The van der Waals surface area contributed by atoms with E-state index in [1.165, 1.54) is 0 Å². The molecule has 2 unspecified atom stereocenters. The molecule has 0 fully saturated rings. The smallest absolute Gasteiger partial charge is 0.327 e. The zero-order valence-corrected chi connectivity index (χ0v) is 22.9. The Kier molecular flexibility index (Phi) is 12.8. The van der Waals surface area contributed by atoms with Gasteiger partial charge in [-0.05, 0) is 0 Å². The molecule has 0 aliphatic rings. The second-order valence-corrected chi connectivity index (χ2v) is 10.8. The first-order chi connectivity index (χ1) is 18.8. The van der Waals surface area contributed by atoms with Crippen LogP contribution in [0, 0.1) is 11.9 Å². The van der Waals surface area contributed by atoms with Crippen LogP contribution in [0.1, 0.15) is 48.6 Å². The minimum atomic E-state index is -1.29. The topological polar surface area (TPSA) is 201 Å². The zero-order valence-electron chi connectivity index (χ0n) is 21.2. The first-order valence-electron chi connectivity index (χ1n) is 11.5. The normalized spacial score (nSPS) is 13.9. The molecule has 13 nitrogen and oxygen atoms in total. The summed E-state index contributed by atoms with van der Waals surface area (Å²) in [6.07, 6.45) is 3.45. The molecule has 0 aromatic carbocycles. The highest BCUT2D eigenvalue weighted by molar-refractivity contribution is 7.99. The van der Waals surface area contributed by atoms with E-state index in [1.54, 1.807) is 0 Å². The fraction of sp³-hybridized carbons (Fsp3) is 0.435. The lowest BCUT2D eigenvalue weighted by atomic mass is 10.1. The summed E-state index contributed by atoms with van der Waals surface area (Å²) in [6.45, 7) is 2.31. The molecule has 2 aromatic heterocycles. The van der Waals surface area contributed by atoms with Gasteiger partial charge in [-0.3, -0.25) is 24.4 Å². The second-order valence-electron chi connectivity index (χ2n) is 8.30. The van der Waals surface area contributed by atoms with Crippen LogP contribution in [0.3, 0.4) is 0 Å². The van der Waals surface area contributed by atoms with E-state index in [1.807, 2.05) is 0 Å². The SMILES string of the molecule is CC(=O)N[C@@H](CSC(CC(=O)CC(SC[C@H](NC(C)=O)C(=O)O)c1cnc(F)cn1)c1cnc(F)cn1)C(=O)O. The molecule has 2 amide bonds. The zero-order chi connectivity index (χ0) is 29.8. The highest BCUT2D eigenvalue weighted by Crippen LogP contribution is 2.36. The molecule has 0 radical (unpaired) electrons. The Hall–Kier alpha value is -3.73. The van der Waals surface area contributed by atoms with E-state index in [-0.39, 0.29) is 35.7 Å². The van der Waals surface area contributed by atoms with Gasteiger partial charge in [-0.1, -0.05) is 0 Å². The van der Waals surface area contributed by atoms with Crippen molar-refractivity contribution in [1.82, 2.24) is 30.6 Å². The second kappa shape index (κ2) is 15.8. The van der Waals surface area contributed by atoms with Gasteiger partial charge in [0.25, 0.3) is 0 Å². The maximum Gasteiger partial charge on any atom is 0.327 e. The molecule has 0 spiro atoms. The molecule has 2 rings (SSSR count). The quantitative estimate of drug-likeness (QED) is 0.215. The van der Waals surface area contributed by atoms with Crippen LogP contribution in [0.4, 0.5) is 8.78 Å². The van der Waals surface area contributed by atoms with Crippen molar-refractivity contribution in [3.63, 3.8) is 0 Å². The summed E-state index contributed by atoms with van der Waals surface area (Å²) in [4.78, 5) is 74.0. The summed E-state index contributed by atoms with van der Waals surface area (Å²) in [6, 6.07) is -2.54. The number of amides is 2. The van der Waals surface area contributed by atoms with E-state index in [9.17, 15) is 43.0 Å². The van der Waals surface area contributed by atoms with Crippen molar-refractivity contribution in [3.8, 4) is 0 Å². The number of hydrogen-bond donors (Lipinski definition) is 4. The summed E-state index contributed by atoms with van der Waals surface area (Å²) in [5.74, 6) is -6.14. The summed E-state index contributed by atoms with van der Waals surface area (Å²) >= 11 is 1.98. The van der Waals surface area contributed by atoms with E-state index in [0.29, 0.717) is 0 Å². The molecule has 0 bridgehead atoms. The number of carboxylic acids is 2. The Morgan fingerprint density at radius 1 is 0.725 bits per heavy atom. The third kappa shape index (κ3) is 11.2. The van der Waals surface area contributed by atoms with E-state index >= 15 is 0 Å². The maximum atomic E-state index is 13.4. The first kappa shape index (κ1) is 32.5. The number of nitrogens with one attached hydrogen (secondary N) is 2. The predicted molar refractivity (Wildman–Crippen MR) is 139 cm³/mol. The molecule has 0 saturated heterocycles. The van der Waals surface area contributed by atoms with Crippen molar-refractivity contribution in [2.45, 2.75) is 49.3 Å². The Morgan fingerprint density at radius 2 is 1.10 bits per heavy atom. The van der Waals surface area contributed by atoms with Gasteiger partial charge in [0.15, 0.2) is 0 Å². The van der Waals surface area contributed by atoms with Crippen molar-refractivity contribution >= 4 is 53.1 Å². The van der Waals surface area contributed by atoms with Crippen LogP contribution in [-0.2, 0) is 24.0 Å². The van der Waals surface area contributed by atoms with Crippen LogP contribution in [0.2, 0.25) is 0 Å². The number of aromatic nitrogens is 4. The number of thioether (sulfide) groups is 2. The number of ketones is 1. The lowest BCUT2D eigenvalue weighted by molar-refractivity contribution is -0.141. The van der Waals surface area contributed by atoms with Gasteiger partial charge in [-0.2, -0.15) is 8.78 Å². The van der Waals surface area contributed by atoms with Crippen molar-refractivity contribution in [3.05, 3.63) is 48.1 Å². The fourth-order valence-corrected chi connectivity index (χ4v) is 5.73. The van der Waals surface area contributed by atoms with Crippen LogP contribution in [-0.4, -0.2) is 83.3 Å². The molecule has 0 saturated carbocycles. The lowest BCUT2D eigenvalue weighted by Crippen LogP contribution is -2.41. The van der Waals surface area contributed by atoms with E-state index < -0.39 is 64.0 Å². The van der Waals surface area contributed by atoms with Crippen LogP contribution in [0.25, 0.3) is 0 Å². The fourth-order valence-electron chi connectivity index (χ4n) is 3.24. The first-order valence-corrected chi connectivity index (χ1v) is 13.6. The number of hydrogen-bond acceptors (Lipinski definition) is 11. The minimum Gasteiger partial charge on any atom is -0.480 e. The number of halogens is 2. The number of carbonyl (C=O) groups excluding carboxylic acids is 3. The Morgan fingerprint density at radius 3 is 1.38 bits per heavy atom. The molecule has 216 valence electrons. The lowest BCUT2D eigenvalue weighted by Gasteiger charge is -2.21. The van der Waals surface area contributed by atoms with Gasteiger partial charge in [0.05, 0.1) is 46.7 Å². The van der Waals surface area contributed by atoms with Gasteiger partial charge >= 0.3 is 11.9 Å². The molecule has 17 heteroatoms. The van der Waals surface area contributed by atoms with Gasteiger partial charge in [0.1, 0.15) is 17.9 Å². The number of carbonyl (C=O) groups is 5. The summed E-state index contributed by atoms with van der Waals surface area (Å²) in [5.41, 5.74) is 0.378. The van der Waals surface area contributed by atoms with Crippen LogP contribution in [0.5, 0.6) is 0 Å². The minimum absolute atomic E-state index is 0.148. The van der Waals surface area contributed by atoms with Crippen molar-refractivity contribution in [2.75, 3.05) is 11.5 Å². The molecule has 40 heavy (non-hydrogen) atoms. The highest BCUT2D eigenvalue weighted by atomic mass is 32.2. The van der Waals surface area contributed by atoms with Gasteiger partial charge in [-0.25, -0.2) is 19.6 Å². The summed E-state index contributed by atoms with van der Waals surface area (Å²) in [7, 11) is 0. The van der Waals surface area contributed by atoms with Gasteiger partial charge in [0, 0.05) is 38.2 Å². The predicted octanol–water partition coefficient (Wildman–Crippen LogP) is 1.32. The van der Waals surface area contributed by atoms with Crippen LogP contribution >= 0.6 is 23.5 Å². The summed E-state index contributed by atoms with van der Waals surface area (Å²) in [5, 5.41) is 21.8. The van der Waals surface area contributed by atoms with E-state index in [0.717, 1.165) is 62.2 Å². The van der Waals surface area contributed by atoms with Crippen molar-refractivity contribution in [1.29, 1.82) is 0 Å². The van der Waals surface area contributed by atoms with Crippen molar-refractivity contribution < 1.29 is 43.0 Å². The monoisotopic (exact) mass is 600 g/mol. The van der Waals surface area contributed by atoms with Gasteiger partial charge in [0.2, 0.25) is 23.7 Å². The number of nitrogens with zero attached hydrogens (tertiary/aromatic N) is 4. The Bertz CT molecular complexity index is 1120. The molecule has 2 aromatic rings. The number of Topliss-reactive ketones (excluding diaryl/α,β-unsaturated/α-hetero) is 1. The molecule has 4 N–H and O–H groups in total. The number of rotatable bonds is 16. The standard InChI is InChI=1S/C23H26F2N6O7S2/c1-11(32)30-16(22(35)36)9-39-18(14-5-28-20(24)7-26-14)3-13(34)4-19(15-6-29-21(25)8-27-15)40-10-17(23(37)38)31-12(2)33/h5-8,16-19H,3-4,9-10H2,1-2H3,(H,30,32)(H,31,33)(H,35,36)(H,37,38)/t16-,17-,18?,19?/m0/s1. The van der Waals surface area contributed by atoms with E-state index in [4.69, 9.17) is 0 Å². The third-order valence-corrected chi connectivity index (χ3v) is 7.72. The van der Waals surface area contributed by atoms with E-state index in [2.05, 4.69) is 30.6 Å². The van der Waals surface area contributed by atoms with Gasteiger partial charge < -0.3 is 20.8 Å². The molecule has 0 aliphatic carbocycles.